The van der Waals surface area contributed by atoms with Crippen molar-refractivity contribution in [2.75, 3.05) is 10.7 Å². The minimum absolute atomic E-state index is 0.0144. The average molecular weight is 445 g/mol. The van der Waals surface area contributed by atoms with Crippen LogP contribution in [0.25, 0.3) is 11.3 Å². The first-order valence-electron chi connectivity index (χ1n) is 9.86. The zero-order valence-electron chi connectivity index (χ0n) is 16.7. The number of hydrogen-bond acceptors (Lipinski definition) is 6. The predicted octanol–water partition coefficient (Wildman–Crippen LogP) is 2.50. The van der Waals surface area contributed by atoms with Gasteiger partial charge in [-0.25, -0.2) is 9.97 Å². The first-order chi connectivity index (χ1) is 15.3. The molecule has 0 radical (unpaired) electrons. The molecule has 1 amide bonds. The van der Waals surface area contributed by atoms with Gasteiger partial charge in [0.05, 0.1) is 30.2 Å². The molecule has 1 aliphatic rings. The van der Waals surface area contributed by atoms with Gasteiger partial charge in [-0.1, -0.05) is 23.4 Å². The van der Waals surface area contributed by atoms with E-state index in [4.69, 9.17) is 0 Å². The van der Waals surface area contributed by atoms with Crippen LogP contribution in [0.1, 0.15) is 24.2 Å². The summed E-state index contributed by atoms with van der Waals surface area (Å²) in [6, 6.07) is 11.6. The molecule has 2 aromatic heterocycles. The molecule has 3 aromatic rings. The fourth-order valence-corrected chi connectivity index (χ4v) is 2.97. The van der Waals surface area contributed by atoms with Gasteiger partial charge in [0.1, 0.15) is 6.04 Å². The summed E-state index contributed by atoms with van der Waals surface area (Å²) in [5.74, 6) is 0.155. The van der Waals surface area contributed by atoms with Crippen molar-refractivity contribution >= 4 is 17.4 Å². The van der Waals surface area contributed by atoms with Crippen LogP contribution in [-0.2, 0) is 17.4 Å². The minimum atomic E-state index is -4.58. The molecule has 11 heteroatoms. The second-order valence-corrected chi connectivity index (χ2v) is 7.39. The highest BCUT2D eigenvalue weighted by Gasteiger charge is 2.34. The van der Waals surface area contributed by atoms with Crippen molar-refractivity contribution in [1.29, 1.82) is 0 Å². The Balaban J connectivity index is 1.37. The van der Waals surface area contributed by atoms with E-state index in [0.29, 0.717) is 29.0 Å². The summed E-state index contributed by atoms with van der Waals surface area (Å²) < 4.78 is 38.5. The molecule has 0 bridgehead atoms. The first kappa shape index (κ1) is 21.7. The van der Waals surface area contributed by atoms with Crippen molar-refractivity contribution < 1.29 is 28.3 Å². The molecule has 1 aromatic carbocycles. The van der Waals surface area contributed by atoms with Crippen LogP contribution < -0.4 is 15.9 Å². The number of nitrogens with zero attached hydrogens (tertiary/aromatic N) is 3. The van der Waals surface area contributed by atoms with Crippen LogP contribution in [0, 0.1) is 0 Å². The Bertz CT molecular complexity index is 1100. The summed E-state index contributed by atoms with van der Waals surface area (Å²) in [4.78, 5) is 23.9. The Labute approximate surface area is 181 Å². The van der Waals surface area contributed by atoms with Gasteiger partial charge in [0.15, 0.2) is 11.5 Å². The van der Waals surface area contributed by atoms with Crippen LogP contribution in [0.3, 0.4) is 0 Å². The average Bonchev–Trinajstić information content (AvgIpc) is 3.59. The molecule has 32 heavy (non-hydrogen) atoms. The molecular weight excluding hydrogens is 425 g/mol. The lowest BCUT2D eigenvalue weighted by molar-refractivity contribution is -1.08. The van der Waals surface area contributed by atoms with Crippen LogP contribution >= 0.6 is 0 Å². The number of carbonyl (C=O) groups is 1. The molecule has 1 saturated carbocycles. The van der Waals surface area contributed by atoms with Crippen LogP contribution in [-0.4, -0.2) is 32.1 Å². The smallest absolute Gasteiger partial charge is 0.326 e. The zero-order valence-corrected chi connectivity index (χ0v) is 16.7. The number of carbonyl (C=O) groups excluding carboxylic acids is 1. The van der Waals surface area contributed by atoms with Gasteiger partial charge < -0.3 is 5.32 Å². The molecule has 1 atom stereocenters. The summed E-state index contributed by atoms with van der Waals surface area (Å²) >= 11 is 0. The molecule has 4 N–H and O–H groups in total. The standard InChI is InChI=1S/C21H19F3N6O2/c22-21(23,24)18-12-25-11-17(28-18)13-4-6-14(7-5-13)27-20(31)10-15-2-1-3-19(26-15)29-30(32)16-8-9-16/h1-7,11-12,16,32H,8-10H2,(H,26,29)(H,27,31)/p+1. The Kier molecular flexibility index (Phi) is 6.01. The molecule has 0 spiro atoms. The van der Waals surface area contributed by atoms with Crippen LogP contribution in [0.2, 0.25) is 0 Å². The summed E-state index contributed by atoms with van der Waals surface area (Å²) in [5, 5.41) is 12.8. The monoisotopic (exact) mass is 445 g/mol. The van der Waals surface area contributed by atoms with Gasteiger partial charge in [0.25, 0.3) is 0 Å². The van der Waals surface area contributed by atoms with Gasteiger partial charge in [-0.2, -0.15) is 23.8 Å². The SMILES string of the molecule is O=C(Cc1cccc(N[NH+](O)C2CC2)n1)Nc1ccc(-c2cncc(C(F)(F)F)n2)cc1. The lowest BCUT2D eigenvalue weighted by Crippen LogP contribution is -3.14. The van der Waals surface area contributed by atoms with Gasteiger partial charge >= 0.3 is 6.18 Å². The van der Waals surface area contributed by atoms with Crippen LogP contribution in [0.4, 0.5) is 24.7 Å². The number of quaternary nitrogens is 1. The lowest BCUT2D eigenvalue weighted by Gasteiger charge is -2.12. The Morgan fingerprint density at radius 3 is 2.53 bits per heavy atom. The summed E-state index contributed by atoms with van der Waals surface area (Å²) in [6.07, 6.45) is -0.761. The van der Waals surface area contributed by atoms with Gasteiger partial charge in [-0.15, -0.1) is 0 Å². The Morgan fingerprint density at radius 1 is 1.09 bits per heavy atom. The maximum atomic E-state index is 12.8. The van der Waals surface area contributed by atoms with Gasteiger partial charge in [0.2, 0.25) is 5.91 Å². The number of hydrogen-bond donors (Lipinski definition) is 4. The number of benzene rings is 1. The zero-order chi connectivity index (χ0) is 22.7. The van der Waals surface area contributed by atoms with Gasteiger partial charge in [-0.05, 0) is 24.3 Å². The van der Waals surface area contributed by atoms with E-state index in [1.165, 1.54) is 6.20 Å². The van der Waals surface area contributed by atoms with E-state index in [2.05, 4.69) is 25.7 Å². The van der Waals surface area contributed by atoms with Crippen molar-refractivity contribution in [3.63, 3.8) is 0 Å². The maximum absolute atomic E-state index is 12.8. The molecule has 4 rings (SSSR count). The summed E-state index contributed by atoms with van der Waals surface area (Å²) in [6.45, 7) is 0. The Morgan fingerprint density at radius 2 is 1.84 bits per heavy atom. The number of pyridine rings is 1. The second kappa shape index (κ2) is 8.89. The quantitative estimate of drug-likeness (QED) is 0.417. The van der Waals surface area contributed by atoms with E-state index in [1.54, 1.807) is 42.5 Å². The highest BCUT2D eigenvalue weighted by Crippen LogP contribution is 2.29. The molecular formula is C21H20F3N6O2+. The summed E-state index contributed by atoms with van der Waals surface area (Å²) in [7, 11) is 0. The van der Waals surface area contributed by atoms with Crippen LogP contribution in [0.15, 0.2) is 54.9 Å². The third-order valence-electron chi connectivity index (χ3n) is 4.76. The molecule has 0 aliphatic heterocycles. The highest BCUT2D eigenvalue weighted by molar-refractivity contribution is 5.92. The molecule has 1 aliphatic carbocycles. The van der Waals surface area contributed by atoms with Crippen LogP contribution in [0.5, 0.6) is 0 Å². The van der Waals surface area contributed by atoms with Crippen molar-refractivity contribution in [2.45, 2.75) is 31.5 Å². The number of rotatable bonds is 7. The number of hydroxylamine groups is 1. The predicted molar refractivity (Wildman–Crippen MR) is 108 cm³/mol. The highest BCUT2D eigenvalue weighted by atomic mass is 19.4. The topological polar surface area (TPSA) is 104 Å². The lowest BCUT2D eigenvalue weighted by atomic mass is 10.1. The molecule has 166 valence electrons. The number of nitrogens with one attached hydrogen (secondary N) is 3. The fraction of sp³-hybridized carbons (Fsp3) is 0.238. The van der Waals surface area contributed by atoms with Crippen molar-refractivity contribution in [3.8, 4) is 11.3 Å². The first-order valence-corrected chi connectivity index (χ1v) is 9.86. The van der Waals surface area contributed by atoms with E-state index < -0.39 is 11.9 Å². The number of anilines is 2. The van der Waals surface area contributed by atoms with Crippen molar-refractivity contribution in [3.05, 3.63) is 66.2 Å². The van der Waals surface area contributed by atoms with E-state index in [1.807, 2.05) is 0 Å². The largest absolute Gasteiger partial charge is 0.434 e. The number of alkyl halides is 3. The number of amides is 1. The van der Waals surface area contributed by atoms with E-state index in [-0.39, 0.29) is 29.2 Å². The van der Waals surface area contributed by atoms with Gasteiger partial charge in [-0.3, -0.25) is 9.78 Å². The Hall–Kier alpha value is -3.57. The van der Waals surface area contributed by atoms with E-state index in [0.717, 1.165) is 12.8 Å². The minimum Gasteiger partial charge on any atom is -0.326 e. The maximum Gasteiger partial charge on any atom is 0.434 e. The number of halogens is 3. The van der Waals surface area contributed by atoms with E-state index >= 15 is 0 Å². The molecule has 2 heterocycles. The molecule has 0 saturated heterocycles. The normalized spacial score (nSPS) is 14.6. The second-order valence-electron chi connectivity index (χ2n) is 7.39. The third kappa shape index (κ3) is 5.56. The molecule has 1 fully saturated rings. The fourth-order valence-electron chi connectivity index (χ4n) is 2.97. The molecule has 8 nitrogen and oxygen atoms in total. The van der Waals surface area contributed by atoms with Gasteiger partial charge in [0, 0.05) is 24.1 Å². The van der Waals surface area contributed by atoms with E-state index in [9.17, 15) is 23.2 Å². The van der Waals surface area contributed by atoms with Crippen molar-refractivity contribution in [1.82, 2.24) is 15.0 Å². The summed E-state index contributed by atoms with van der Waals surface area (Å²) in [5.41, 5.74) is 3.30. The third-order valence-corrected chi connectivity index (χ3v) is 4.76. The number of aromatic nitrogens is 3. The van der Waals surface area contributed by atoms with Crippen molar-refractivity contribution in [2.24, 2.45) is 0 Å². The molecule has 1 unspecified atom stereocenters.